The number of amides is 2. The molecule has 2 aliphatic heterocycles. The smallest absolute Gasteiger partial charge is 0.263 e. The first-order valence-electron chi connectivity index (χ1n) is 8.16. The molecule has 1 saturated heterocycles. The van der Waals surface area contributed by atoms with Crippen LogP contribution >= 0.6 is 0 Å². The third-order valence-corrected chi connectivity index (χ3v) is 4.92. The minimum Gasteiger partial charge on any atom is -0.394 e. The van der Waals surface area contributed by atoms with E-state index in [1.165, 1.54) is 0 Å². The summed E-state index contributed by atoms with van der Waals surface area (Å²) in [7, 11) is 0. The third-order valence-electron chi connectivity index (χ3n) is 4.92. The molecule has 8 heteroatoms. The summed E-state index contributed by atoms with van der Waals surface area (Å²) >= 11 is 0. The number of hydrogen-bond acceptors (Lipinski definition) is 7. The molecule has 2 heterocycles. The first-order chi connectivity index (χ1) is 12.5. The van der Waals surface area contributed by atoms with Gasteiger partial charge in [0.05, 0.1) is 6.61 Å². The van der Waals surface area contributed by atoms with Gasteiger partial charge in [-0.25, -0.2) is 4.90 Å². The maximum atomic E-state index is 12.9. The SMILES string of the molecule is O=C1c2cccc3cccc(c23)C(=O)N1C1O[C@H](CO)[C@@H](O)[C@H](O)[C@@H]1O. The van der Waals surface area contributed by atoms with Crippen molar-refractivity contribution in [2.75, 3.05) is 6.61 Å². The van der Waals surface area contributed by atoms with Crippen molar-refractivity contribution in [2.24, 2.45) is 0 Å². The van der Waals surface area contributed by atoms with Crippen LogP contribution < -0.4 is 0 Å². The van der Waals surface area contributed by atoms with Gasteiger partial charge in [0.1, 0.15) is 24.4 Å². The Labute approximate surface area is 147 Å². The Bertz CT molecular complexity index is 845. The van der Waals surface area contributed by atoms with Gasteiger partial charge in [0.15, 0.2) is 6.23 Å². The van der Waals surface area contributed by atoms with Gasteiger partial charge in [-0.3, -0.25) is 9.59 Å². The van der Waals surface area contributed by atoms with E-state index in [2.05, 4.69) is 0 Å². The molecule has 2 amide bonds. The lowest BCUT2D eigenvalue weighted by Crippen LogP contribution is -2.65. The molecule has 0 aliphatic carbocycles. The van der Waals surface area contributed by atoms with Crippen LogP contribution in [0.25, 0.3) is 10.8 Å². The number of carbonyl (C=O) groups is 2. The number of imide groups is 1. The fourth-order valence-corrected chi connectivity index (χ4v) is 3.58. The minimum atomic E-state index is -1.72. The molecule has 2 aromatic rings. The zero-order valence-electron chi connectivity index (χ0n) is 13.5. The Morgan fingerprint density at radius 2 is 1.46 bits per heavy atom. The van der Waals surface area contributed by atoms with Crippen LogP contribution in [0.3, 0.4) is 0 Å². The van der Waals surface area contributed by atoms with Crippen molar-refractivity contribution in [3.05, 3.63) is 47.5 Å². The molecule has 1 unspecified atom stereocenters. The van der Waals surface area contributed by atoms with Gasteiger partial charge in [0.2, 0.25) is 0 Å². The van der Waals surface area contributed by atoms with E-state index in [0.717, 1.165) is 10.3 Å². The van der Waals surface area contributed by atoms with Gasteiger partial charge >= 0.3 is 0 Å². The van der Waals surface area contributed by atoms with Crippen LogP contribution in [0.2, 0.25) is 0 Å². The van der Waals surface area contributed by atoms with E-state index >= 15 is 0 Å². The summed E-state index contributed by atoms with van der Waals surface area (Å²) in [6, 6.07) is 10.1. The Hall–Kier alpha value is -2.36. The highest BCUT2D eigenvalue weighted by Crippen LogP contribution is 2.33. The van der Waals surface area contributed by atoms with Crippen molar-refractivity contribution in [3.63, 3.8) is 0 Å². The summed E-state index contributed by atoms with van der Waals surface area (Å²) < 4.78 is 5.40. The van der Waals surface area contributed by atoms with E-state index in [-0.39, 0.29) is 11.1 Å². The molecule has 2 aromatic carbocycles. The van der Waals surface area contributed by atoms with Gasteiger partial charge in [-0.15, -0.1) is 0 Å². The Kier molecular flexibility index (Phi) is 4.02. The molecule has 5 atom stereocenters. The Balaban J connectivity index is 1.81. The van der Waals surface area contributed by atoms with Gasteiger partial charge < -0.3 is 25.2 Å². The minimum absolute atomic E-state index is 0.273. The maximum absolute atomic E-state index is 12.9. The summed E-state index contributed by atoms with van der Waals surface area (Å²) in [6.45, 7) is -0.649. The largest absolute Gasteiger partial charge is 0.394 e. The molecule has 8 nitrogen and oxygen atoms in total. The lowest BCUT2D eigenvalue weighted by Gasteiger charge is -2.44. The van der Waals surface area contributed by atoms with Gasteiger partial charge in [0, 0.05) is 16.5 Å². The molecule has 2 aliphatic rings. The predicted octanol–water partition coefficient (Wildman–Crippen LogP) is -0.764. The second kappa shape index (κ2) is 6.11. The second-order valence-electron chi connectivity index (χ2n) is 6.41. The molecule has 26 heavy (non-hydrogen) atoms. The topological polar surface area (TPSA) is 128 Å². The molecule has 0 radical (unpaired) electrons. The summed E-state index contributed by atoms with van der Waals surface area (Å²) in [4.78, 5) is 26.6. The van der Waals surface area contributed by atoms with Crippen molar-refractivity contribution in [2.45, 2.75) is 30.6 Å². The van der Waals surface area contributed by atoms with Crippen LogP contribution in [0.1, 0.15) is 20.7 Å². The standard InChI is InChI=1S/C18H17NO7/c20-7-11-13(21)14(22)15(23)18(26-11)19-16(24)9-5-1-3-8-4-2-6-10(12(8)9)17(19)25/h1-6,11,13-15,18,20-23H,7H2/t11-,13-,14+,15+,18?/m1/s1. The molecule has 136 valence electrons. The molecule has 0 saturated carbocycles. The van der Waals surface area contributed by atoms with Crippen molar-refractivity contribution in [1.29, 1.82) is 0 Å². The molecular weight excluding hydrogens is 342 g/mol. The number of hydrogen-bond donors (Lipinski definition) is 4. The lowest BCUT2D eigenvalue weighted by molar-refractivity contribution is -0.251. The lowest BCUT2D eigenvalue weighted by atomic mass is 9.92. The number of rotatable bonds is 2. The number of carbonyl (C=O) groups excluding carboxylic acids is 2. The van der Waals surface area contributed by atoms with Crippen LogP contribution in [0, 0.1) is 0 Å². The number of aliphatic hydroxyl groups is 4. The highest BCUT2D eigenvalue weighted by molar-refractivity contribution is 6.25. The summed E-state index contributed by atoms with van der Waals surface area (Å²) in [5.74, 6) is -1.35. The van der Waals surface area contributed by atoms with E-state index in [1.807, 2.05) is 0 Å². The monoisotopic (exact) mass is 359 g/mol. The van der Waals surface area contributed by atoms with Crippen molar-refractivity contribution < 1.29 is 34.8 Å². The van der Waals surface area contributed by atoms with E-state index < -0.39 is 49.1 Å². The Morgan fingerprint density at radius 1 is 0.885 bits per heavy atom. The molecule has 0 spiro atoms. The predicted molar refractivity (Wildman–Crippen MR) is 88.2 cm³/mol. The van der Waals surface area contributed by atoms with Gasteiger partial charge in [-0.1, -0.05) is 24.3 Å². The van der Waals surface area contributed by atoms with E-state index in [9.17, 15) is 30.0 Å². The zero-order chi connectivity index (χ0) is 18.6. The van der Waals surface area contributed by atoms with Crippen molar-refractivity contribution in [1.82, 2.24) is 4.90 Å². The molecule has 1 fully saturated rings. The number of nitrogens with zero attached hydrogens (tertiary/aromatic N) is 1. The average Bonchev–Trinajstić information content (AvgIpc) is 2.66. The fraction of sp³-hybridized carbons (Fsp3) is 0.333. The van der Waals surface area contributed by atoms with E-state index in [0.29, 0.717) is 5.39 Å². The van der Waals surface area contributed by atoms with Crippen molar-refractivity contribution >= 4 is 22.6 Å². The fourth-order valence-electron chi connectivity index (χ4n) is 3.58. The van der Waals surface area contributed by atoms with E-state index in [4.69, 9.17) is 4.74 Å². The first kappa shape index (κ1) is 17.1. The van der Waals surface area contributed by atoms with Crippen LogP contribution in [0.5, 0.6) is 0 Å². The quantitative estimate of drug-likeness (QED) is 0.519. The average molecular weight is 359 g/mol. The molecule has 0 bridgehead atoms. The van der Waals surface area contributed by atoms with Crippen LogP contribution in [0.4, 0.5) is 0 Å². The number of benzene rings is 2. The second-order valence-corrected chi connectivity index (χ2v) is 6.41. The van der Waals surface area contributed by atoms with Gasteiger partial charge in [0.25, 0.3) is 11.8 Å². The number of ether oxygens (including phenoxy) is 1. The zero-order valence-corrected chi connectivity index (χ0v) is 13.5. The van der Waals surface area contributed by atoms with Gasteiger partial charge in [-0.2, -0.15) is 0 Å². The highest BCUT2D eigenvalue weighted by atomic mass is 16.6. The van der Waals surface area contributed by atoms with Crippen LogP contribution in [0.15, 0.2) is 36.4 Å². The van der Waals surface area contributed by atoms with Gasteiger partial charge in [-0.05, 0) is 17.5 Å². The number of aliphatic hydroxyl groups excluding tert-OH is 4. The molecule has 0 aromatic heterocycles. The highest BCUT2D eigenvalue weighted by Gasteiger charge is 2.50. The van der Waals surface area contributed by atoms with E-state index in [1.54, 1.807) is 36.4 Å². The third kappa shape index (κ3) is 2.28. The maximum Gasteiger partial charge on any atom is 0.263 e. The van der Waals surface area contributed by atoms with Crippen LogP contribution in [-0.2, 0) is 4.74 Å². The van der Waals surface area contributed by atoms with Crippen molar-refractivity contribution in [3.8, 4) is 0 Å². The van der Waals surface area contributed by atoms with Crippen LogP contribution in [-0.4, -0.2) is 74.4 Å². The molecule has 4 N–H and O–H groups in total. The summed E-state index contributed by atoms with van der Waals surface area (Å²) in [5, 5.41) is 40.7. The molecule has 4 rings (SSSR count). The Morgan fingerprint density at radius 3 is 2.00 bits per heavy atom. The normalized spacial score (nSPS) is 31.5. The summed E-state index contributed by atoms with van der Waals surface area (Å²) in [6.07, 6.45) is -7.72. The molecular formula is C18H17NO7. The first-order valence-corrected chi connectivity index (χ1v) is 8.16. The summed E-state index contributed by atoms with van der Waals surface area (Å²) in [5.41, 5.74) is 0.546.